The van der Waals surface area contributed by atoms with E-state index in [1.807, 2.05) is 22.8 Å². The number of hydrogen-bond acceptors (Lipinski definition) is 2. The van der Waals surface area contributed by atoms with Gasteiger partial charge in [-0.1, -0.05) is 37.3 Å². The Balaban J connectivity index is 1.56. The zero-order valence-corrected chi connectivity index (χ0v) is 14.7. The molecule has 4 heteroatoms. The maximum atomic E-state index is 13.0. The molecule has 0 radical (unpaired) electrons. The number of amides is 2. The number of rotatable bonds is 5. The lowest BCUT2D eigenvalue weighted by molar-refractivity contribution is -0.146. The molecule has 1 atom stereocenters. The summed E-state index contributed by atoms with van der Waals surface area (Å²) in [6.07, 6.45) is 5.39. The normalized spacial score (nSPS) is 24.0. The fourth-order valence-corrected chi connectivity index (χ4v) is 4.17. The lowest BCUT2D eigenvalue weighted by atomic mass is 9.78. The molecule has 130 valence electrons. The van der Waals surface area contributed by atoms with Crippen LogP contribution in [0.1, 0.15) is 44.6 Å². The van der Waals surface area contributed by atoms with Gasteiger partial charge >= 0.3 is 0 Å². The first-order valence-electron chi connectivity index (χ1n) is 9.26. The van der Waals surface area contributed by atoms with E-state index in [2.05, 4.69) is 24.3 Å². The highest BCUT2D eigenvalue weighted by molar-refractivity contribution is 5.86. The molecule has 1 aromatic carbocycles. The van der Waals surface area contributed by atoms with E-state index in [9.17, 15) is 9.59 Å². The van der Waals surface area contributed by atoms with Crippen molar-refractivity contribution in [1.29, 1.82) is 0 Å². The van der Waals surface area contributed by atoms with Gasteiger partial charge in [-0.15, -0.1) is 0 Å². The van der Waals surface area contributed by atoms with Crippen molar-refractivity contribution in [2.24, 2.45) is 5.41 Å². The van der Waals surface area contributed by atoms with Crippen LogP contribution in [-0.4, -0.2) is 47.8 Å². The summed E-state index contributed by atoms with van der Waals surface area (Å²) in [5.74, 6) is 0.467. The first kappa shape index (κ1) is 17.0. The largest absolute Gasteiger partial charge is 0.342 e. The van der Waals surface area contributed by atoms with Crippen LogP contribution in [0.3, 0.4) is 0 Å². The molecule has 24 heavy (non-hydrogen) atoms. The van der Waals surface area contributed by atoms with Crippen LogP contribution >= 0.6 is 0 Å². The monoisotopic (exact) mass is 328 g/mol. The molecule has 1 unspecified atom stereocenters. The minimum absolute atomic E-state index is 0.181. The molecule has 0 aromatic heterocycles. The van der Waals surface area contributed by atoms with E-state index in [-0.39, 0.29) is 17.2 Å². The van der Waals surface area contributed by atoms with E-state index in [0.717, 1.165) is 51.7 Å². The highest BCUT2D eigenvalue weighted by atomic mass is 16.2. The highest BCUT2D eigenvalue weighted by Gasteiger charge is 2.48. The van der Waals surface area contributed by atoms with Crippen molar-refractivity contribution in [3.63, 3.8) is 0 Å². The van der Waals surface area contributed by atoms with E-state index < -0.39 is 0 Å². The molecule has 0 N–H and O–H groups in total. The minimum Gasteiger partial charge on any atom is -0.342 e. The van der Waals surface area contributed by atoms with Crippen LogP contribution in [0.4, 0.5) is 0 Å². The van der Waals surface area contributed by atoms with Gasteiger partial charge in [0.2, 0.25) is 11.8 Å². The van der Waals surface area contributed by atoms with Crippen LogP contribution in [0.2, 0.25) is 0 Å². The molecule has 0 aliphatic carbocycles. The summed E-state index contributed by atoms with van der Waals surface area (Å²) in [5.41, 5.74) is 1.03. The van der Waals surface area contributed by atoms with Crippen LogP contribution < -0.4 is 0 Å². The summed E-state index contributed by atoms with van der Waals surface area (Å²) < 4.78 is 0. The number of likely N-dealkylation sites (tertiary alicyclic amines) is 2. The SMILES string of the molecule is CCC(=O)N1CCC2(CCCN(CCCc3ccccc3)C2=O)C1. The number of aryl methyl sites for hydroxylation is 1. The standard InChI is InChI=1S/C20H28N2O2/c1-2-18(23)22-15-12-20(16-22)11-7-14-21(19(20)24)13-6-10-17-8-4-3-5-9-17/h3-5,8-9H,2,6-7,10-16H2,1H3. The summed E-state index contributed by atoms with van der Waals surface area (Å²) in [6.45, 7) is 4.98. The fraction of sp³-hybridized carbons (Fsp3) is 0.600. The van der Waals surface area contributed by atoms with Crippen LogP contribution in [0, 0.1) is 5.41 Å². The topological polar surface area (TPSA) is 40.6 Å². The van der Waals surface area contributed by atoms with Gasteiger partial charge in [-0.05, 0) is 37.7 Å². The van der Waals surface area contributed by atoms with Gasteiger partial charge in [-0.2, -0.15) is 0 Å². The van der Waals surface area contributed by atoms with Crippen molar-refractivity contribution >= 4 is 11.8 Å². The Morgan fingerprint density at radius 2 is 1.96 bits per heavy atom. The fourth-order valence-electron chi connectivity index (χ4n) is 4.17. The van der Waals surface area contributed by atoms with E-state index >= 15 is 0 Å². The third-order valence-electron chi connectivity index (χ3n) is 5.57. The molecule has 0 saturated carbocycles. The van der Waals surface area contributed by atoms with E-state index in [0.29, 0.717) is 13.0 Å². The third-order valence-corrected chi connectivity index (χ3v) is 5.57. The van der Waals surface area contributed by atoms with Gasteiger partial charge in [-0.3, -0.25) is 9.59 Å². The molecule has 2 fully saturated rings. The van der Waals surface area contributed by atoms with Crippen molar-refractivity contribution < 1.29 is 9.59 Å². The maximum Gasteiger partial charge on any atom is 0.230 e. The molecular formula is C20H28N2O2. The smallest absolute Gasteiger partial charge is 0.230 e. The Hall–Kier alpha value is -1.84. The number of nitrogens with zero attached hydrogens (tertiary/aromatic N) is 2. The molecule has 2 amide bonds. The molecule has 2 saturated heterocycles. The van der Waals surface area contributed by atoms with Crippen LogP contribution in [0.15, 0.2) is 30.3 Å². The Morgan fingerprint density at radius 3 is 2.71 bits per heavy atom. The second-order valence-corrected chi connectivity index (χ2v) is 7.18. The summed E-state index contributed by atoms with van der Waals surface area (Å²) in [4.78, 5) is 28.9. The molecule has 2 heterocycles. The predicted molar refractivity (Wildman–Crippen MR) is 94.5 cm³/mol. The zero-order valence-electron chi connectivity index (χ0n) is 14.7. The maximum absolute atomic E-state index is 13.0. The zero-order chi connectivity index (χ0) is 17.0. The van der Waals surface area contributed by atoms with Gasteiger partial charge in [0.1, 0.15) is 0 Å². The number of carbonyl (C=O) groups is 2. The van der Waals surface area contributed by atoms with E-state index in [1.54, 1.807) is 0 Å². The second kappa shape index (κ2) is 7.37. The van der Waals surface area contributed by atoms with Crippen molar-refractivity contribution in [2.45, 2.75) is 45.4 Å². The molecule has 2 aliphatic heterocycles. The third kappa shape index (κ3) is 3.47. The number of benzene rings is 1. The molecule has 4 nitrogen and oxygen atoms in total. The van der Waals surface area contributed by atoms with E-state index in [1.165, 1.54) is 5.56 Å². The van der Waals surface area contributed by atoms with Gasteiger partial charge in [0.15, 0.2) is 0 Å². The number of hydrogen-bond donors (Lipinski definition) is 0. The molecule has 0 bridgehead atoms. The molecule has 2 aliphatic rings. The Bertz CT molecular complexity index is 587. The number of piperidine rings is 1. The average molecular weight is 328 g/mol. The second-order valence-electron chi connectivity index (χ2n) is 7.18. The molecule has 3 rings (SSSR count). The van der Waals surface area contributed by atoms with Crippen molar-refractivity contribution in [1.82, 2.24) is 9.80 Å². The first-order valence-corrected chi connectivity index (χ1v) is 9.26. The summed E-state index contributed by atoms with van der Waals surface area (Å²) >= 11 is 0. The molecular weight excluding hydrogens is 300 g/mol. The Kier molecular flexibility index (Phi) is 5.22. The van der Waals surface area contributed by atoms with Gasteiger partial charge in [0, 0.05) is 32.6 Å². The van der Waals surface area contributed by atoms with Crippen molar-refractivity contribution in [3.8, 4) is 0 Å². The summed E-state index contributed by atoms with van der Waals surface area (Å²) in [6, 6.07) is 10.4. The van der Waals surface area contributed by atoms with Gasteiger partial charge in [0.05, 0.1) is 5.41 Å². The van der Waals surface area contributed by atoms with Gasteiger partial charge < -0.3 is 9.80 Å². The van der Waals surface area contributed by atoms with Crippen LogP contribution in [-0.2, 0) is 16.0 Å². The van der Waals surface area contributed by atoms with E-state index in [4.69, 9.17) is 0 Å². The number of carbonyl (C=O) groups excluding carboxylic acids is 2. The lowest BCUT2D eigenvalue weighted by Crippen LogP contribution is -2.50. The van der Waals surface area contributed by atoms with Crippen LogP contribution in [0.25, 0.3) is 0 Å². The Labute approximate surface area is 144 Å². The van der Waals surface area contributed by atoms with Crippen molar-refractivity contribution in [2.75, 3.05) is 26.2 Å². The molecule has 1 aromatic rings. The van der Waals surface area contributed by atoms with Crippen LogP contribution in [0.5, 0.6) is 0 Å². The minimum atomic E-state index is -0.296. The first-order chi connectivity index (χ1) is 11.6. The lowest BCUT2D eigenvalue weighted by Gasteiger charge is -2.39. The highest BCUT2D eigenvalue weighted by Crippen LogP contribution is 2.40. The predicted octanol–water partition coefficient (Wildman–Crippen LogP) is 2.87. The summed E-state index contributed by atoms with van der Waals surface area (Å²) in [5, 5.41) is 0. The quantitative estimate of drug-likeness (QED) is 0.834. The Morgan fingerprint density at radius 1 is 1.17 bits per heavy atom. The van der Waals surface area contributed by atoms with Gasteiger partial charge in [0.25, 0.3) is 0 Å². The molecule has 1 spiro atoms. The summed E-state index contributed by atoms with van der Waals surface area (Å²) in [7, 11) is 0. The van der Waals surface area contributed by atoms with Gasteiger partial charge in [-0.25, -0.2) is 0 Å². The van der Waals surface area contributed by atoms with Crippen molar-refractivity contribution in [3.05, 3.63) is 35.9 Å². The average Bonchev–Trinajstić information content (AvgIpc) is 3.04.